The van der Waals surface area contributed by atoms with Crippen molar-refractivity contribution in [2.45, 2.75) is 26.5 Å². The summed E-state index contributed by atoms with van der Waals surface area (Å²) in [6.45, 7) is 4.43. The van der Waals surface area contributed by atoms with Gasteiger partial charge in [0.15, 0.2) is 0 Å². The molecule has 100 valence electrons. The van der Waals surface area contributed by atoms with Crippen LogP contribution in [0.1, 0.15) is 30.0 Å². The highest BCUT2D eigenvalue weighted by atomic mass is 16.3. The van der Waals surface area contributed by atoms with Gasteiger partial charge in [0.25, 0.3) is 0 Å². The molecule has 1 N–H and O–H groups in total. The van der Waals surface area contributed by atoms with Gasteiger partial charge in [-0.15, -0.1) is 0 Å². The smallest absolute Gasteiger partial charge is 0.128 e. The second kappa shape index (κ2) is 5.80. The maximum atomic E-state index is 9.46. The van der Waals surface area contributed by atoms with Crippen molar-refractivity contribution in [2.24, 2.45) is 0 Å². The topological polar surface area (TPSA) is 49.2 Å². The standard InChI is InChI=1S/C15H19N3O/c1-11-5-4-6-14(17-11)10-18(3)15-8-7-13(9-16-15)12(2)19/h4-9,12,19H,10H2,1-3H3. The van der Waals surface area contributed by atoms with Gasteiger partial charge in [0.2, 0.25) is 0 Å². The monoisotopic (exact) mass is 257 g/mol. The van der Waals surface area contributed by atoms with E-state index in [1.165, 1.54) is 0 Å². The van der Waals surface area contributed by atoms with Crippen LogP contribution in [0.4, 0.5) is 5.82 Å². The van der Waals surface area contributed by atoms with E-state index in [4.69, 9.17) is 0 Å². The lowest BCUT2D eigenvalue weighted by Crippen LogP contribution is -2.18. The lowest BCUT2D eigenvalue weighted by Gasteiger charge is -2.18. The second-order valence-electron chi connectivity index (χ2n) is 4.75. The first kappa shape index (κ1) is 13.5. The number of aliphatic hydroxyl groups excluding tert-OH is 1. The van der Waals surface area contributed by atoms with Gasteiger partial charge < -0.3 is 10.0 Å². The highest BCUT2D eigenvalue weighted by Gasteiger charge is 2.06. The quantitative estimate of drug-likeness (QED) is 0.914. The van der Waals surface area contributed by atoms with Crippen LogP contribution in [-0.2, 0) is 6.54 Å². The predicted octanol–water partition coefficient (Wildman–Crippen LogP) is 2.47. The molecule has 1 atom stereocenters. The summed E-state index contributed by atoms with van der Waals surface area (Å²) in [7, 11) is 1.98. The van der Waals surface area contributed by atoms with Gasteiger partial charge in [-0.2, -0.15) is 0 Å². The highest BCUT2D eigenvalue weighted by molar-refractivity contribution is 5.39. The van der Waals surface area contributed by atoms with Crippen molar-refractivity contribution in [1.29, 1.82) is 0 Å². The van der Waals surface area contributed by atoms with Crippen molar-refractivity contribution in [3.63, 3.8) is 0 Å². The predicted molar refractivity (Wildman–Crippen MR) is 76.0 cm³/mol. The summed E-state index contributed by atoms with van der Waals surface area (Å²) in [6.07, 6.45) is 1.23. The molecule has 0 radical (unpaired) electrons. The third-order valence-electron chi connectivity index (χ3n) is 2.99. The van der Waals surface area contributed by atoms with Gasteiger partial charge in [-0.3, -0.25) is 4.98 Å². The van der Waals surface area contributed by atoms with E-state index in [9.17, 15) is 5.11 Å². The number of aromatic nitrogens is 2. The molecule has 0 aliphatic heterocycles. The lowest BCUT2D eigenvalue weighted by molar-refractivity contribution is 0.199. The number of nitrogens with zero attached hydrogens (tertiary/aromatic N) is 3. The molecule has 19 heavy (non-hydrogen) atoms. The van der Waals surface area contributed by atoms with E-state index in [1.54, 1.807) is 13.1 Å². The third-order valence-corrected chi connectivity index (χ3v) is 2.99. The average Bonchev–Trinajstić information content (AvgIpc) is 2.39. The number of hydrogen-bond donors (Lipinski definition) is 1. The fourth-order valence-corrected chi connectivity index (χ4v) is 1.88. The summed E-state index contributed by atoms with van der Waals surface area (Å²) in [6, 6.07) is 9.81. The van der Waals surface area contributed by atoms with Crippen LogP contribution in [-0.4, -0.2) is 22.1 Å². The van der Waals surface area contributed by atoms with E-state index in [1.807, 2.05) is 49.2 Å². The molecule has 0 bridgehead atoms. The zero-order valence-electron chi connectivity index (χ0n) is 11.5. The Morgan fingerprint density at radius 3 is 2.63 bits per heavy atom. The summed E-state index contributed by atoms with van der Waals surface area (Å²) >= 11 is 0. The van der Waals surface area contributed by atoms with Crippen LogP contribution in [0.25, 0.3) is 0 Å². The van der Waals surface area contributed by atoms with Gasteiger partial charge in [0, 0.05) is 18.9 Å². The molecule has 0 aromatic carbocycles. The zero-order valence-corrected chi connectivity index (χ0v) is 11.5. The maximum absolute atomic E-state index is 9.46. The first-order valence-corrected chi connectivity index (χ1v) is 6.34. The van der Waals surface area contributed by atoms with Crippen LogP contribution >= 0.6 is 0 Å². The van der Waals surface area contributed by atoms with Gasteiger partial charge in [-0.25, -0.2) is 4.98 Å². The molecule has 0 aliphatic carbocycles. The summed E-state index contributed by atoms with van der Waals surface area (Å²) in [5, 5.41) is 9.46. The second-order valence-corrected chi connectivity index (χ2v) is 4.75. The van der Waals surface area contributed by atoms with Gasteiger partial charge in [-0.1, -0.05) is 12.1 Å². The van der Waals surface area contributed by atoms with Crippen molar-refractivity contribution in [3.8, 4) is 0 Å². The summed E-state index contributed by atoms with van der Waals surface area (Å²) in [5.41, 5.74) is 2.86. The summed E-state index contributed by atoms with van der Waals surface area (Å²) in [5.74, 6) is 0.868. The van der Waals surface area contributed by atoms with Crippen LogP contribution in [0, 0.1) is 6.92 Å². The van der Waals surface area contributed by atoms with Gasteiger partial charge in [-0.05, 0) is 37.6 Å². The van der Waals surface area contributed by atoms with Crippen molar-refractivity contribution in [2.75, 3.05) is 11.9 Å². The Kier molecular flexibility index (Phi) is 4.12. The van der Waals surface area contributed by atoms with Crippen LogP contribution in [0.3, 0.4) is 0 Å². The molecular formula is C15H19N3O. The van der Waals surface area contributed by atoms with E-state index in [2.05, 4.69) is 9.97 Å². The summed E-state index contributed by atoms with van der Waals surface area (Å²) in [4.78, 5) is 10.9. The number of rotatable bonds is 4. The van der Waals surface area contributed by atoms with E-state index < -0.39 is 6.10 Å². The van der Waals surface area contributed by atoms with E-state index in [0.717, 1.165) is 22.8 Å². The fourth-order valence-electron chi connectivity index (χ4n) is 1.88. The first-order valence-electron chi connectivity index (χ1n) is 6.34. The van der Waals surface area contributed by atoms with Gasteiger partial charge in [0.05, 0.1) is 18.3 Å². The molecule has 4 heteroatoms. The Labute approximate surface area is 113 Å². The largest absolute Gasteiger partial charge is 0.389 e. The number of aliphatic hydroxyl groups is 1. The van der Waals surface area contributed by atoms with Gasteiger partial charge >= 0.3 is 0 Å². The lowest BCUT2D eigenvalue weighted by atomic mass is 10.2. The third kappa shape index (κ3) is 3.51. The first-order chi connectivity index (χ1) is 9.06. The normalized spacial score (nSPS) is 12.2. The fraction of sp³-hybridized carbons (Fsp3) is 0.333. The zero-order chi connectivity index (χ0) is 13.8. The molecule has 2 heterocycles. The molecule has 0 spiro atoms. The Bertz CT molecular complexity index is 537. The molecule has 2 aromatic heterocycles. The van der Waals surface area contributed by atoms with E-state index >= 15 is 0 Å². The van der Waals surface area contributed by atoms with Crippen molar-refractivity contribution < 1.29 is 5.11 Å². The molecule has 2 aromatic rings. The van der Waals surface area contributed by atoms with Crippen LogP contribution in [0.15, 0.2) is 36.5 Å². The van der Waals surface area contributed by atoms with Gasteiger partial charge in [0.1, 0.15) is 5.82 Å². The molecule has 0 amide bonds. The Morgan fingerprint density at radius 1 is 1.26 bits per heavy atom. The molecule has 1 unspecified atom stereocenters. The minimum absolute atomic E-state index is 0.481. The minimum Gasteiger partial charge on any atom is -0.389 e. The molecule has 0 aliphatic rings. The van der Waals surface area contributed by atoms with Crippen molar-refractivity contribution in [1.82, 2.24) is 9.97 Å². The molecule has 0 saturated carbocycles. The summed E-state index contributed by atoms with van der Waals surface area (Å²) < 4.78 is 0. The molecule has 0 fully saturated rings. The number of hydrogen-bond acceptors (Lipinski definition) is 4. The Balaban J connectivity index is 2.09. The SMILES string of the molecule is Cc1cccc(CN(C)c2ccc(C(C)O)cn2)n1. The Hall–Kier alpha value is -1.94. The number of pyridine rings is 2. The highest BCUT2D eigenvalue weighted by Crippen LogP contribution is 2.16. The molecule has 4 nitrogen and oxygen atoms in total. The molecule has 2 rings (SSSR count). The van der Waals surface area contributed by atoms with Crippen molar-refractivity contribution in [3.05, 3.63) is 53.5 Å². The van der Waals surface area contributed by atoms with E-state index in [-0.39, 0.29) is 0 Å². The number of anilines is 1. The van der Waals surface area contributed by atoms with Crippen LogP contribution in [0.5, 0.6) is 0 Å². The van der Waals surface area contributed by atoms with Crippen LogP contribution < -0.4 is 4.90 Å². The maximum Gasteiger partial charge on any atom is 0.128 e. The van der Waals surface area contributed by atoms with Crippen molar-refractivity contribution >= 4 is 5.82 Å². The average molecular weight is 257 g/mol. The Morgan fingerprint density at radius 2 is 2.05 bits per heavy atom. The molecular weight excluding hydrogens is 238 g/mol. The van der Waals surface area contributed by atoms with E-state index in [0.29, 0.717) is 6.54 Å². The minimum atomic E-state index is -0.481. The molecule has 0 saturated heterocycles. The number of aryl methyl sites for hydroxylation is 1. The van der Waals surface area contributed by atoms with Crippen LogP contribution in [0.2, 0.25) is 0 Å².